The summed E-state index contributed by atoms with van der Waals surface area (Å²) in [4.78, 5) is 13.7. The second-order valence-electron chi connectivity index (χ2n) is 4.42. The number of aliphatic hydroxyl groups excluding tert-OH is 1. The van der Waals surface area contributed by atoms with Crippen molar-refractivity contribution in [1.29, 1.82) is 0 Å². The fourth-order valence-electron chi connectivity index (χ4n) is 1.73. The molecule has 0 atom stereocenters. The number of hydrogen-bond donors (Lipinski definition) is 2. The van der Waals surface area contributed by atoms with E-state index in [1.165, 1.54) is 11.3 Å². The lowest BCUT2D eigenvalue weighted by Gasteiger charge is -2.20. The number of unbranched alkanes of at least 4 members (excludes halogenated alkanes) is 1. The molecule has 0 radical (unpaired) electrons. The van der Waals surface area contributed by atoms with Crippen molar-refractivity contribution in [1.82, 2.24) is 15.1 Å². The van der Waals surface area contributed by atoms with Crippen LogP contribution in [0.3, 0.4) is 0 Å². The highest BCUT2D eigenvalue weighted by Gasteiger charge is 2.15. The summed E-state index contributed by atoms with van der Waals surface area (Å²) in [6.45, 7) is 2.96. The second kappa shape index (κ2) is 8.06. The molecule has 0 fully saturated rings. The van der Waals surface area contributed by atoms with E-state index in [9.17, 15) is 4.79 Å². The first-order valence-electron chi connectivity index (χ1n) is 6.77. The van der Waals surface area contributed by atoms with E-state index in [1.54, 1.807) is 16.2 Å². The van der Waals surface area contributed by atoms with Crippen molar-refractivity contribution in [2.45, 2.75) is 19.8 Å². The van der Waals surface area contributed by atoms with Crippen molar-refractivity contribution in [2.24, 2.45) is 0 Å². The third-order valence-electron chi connectivity index (χ3n) is 2.85. The van der Waals surface area contributed by atoms with Crippen molar-refractivity contribution in [2.75, 3.05) is 25.0 Å². The lowest BCUT2D eigenvalue weighted by Crippen LogP contribution is -2.37. The van der Waals surface area contributed by atoms with Crippen LogP contribution in [0.5, 0.6) is 0 Å². The molecule has 2 aromatic rings. The molecule has 114 valence electrons. The predicted octanol–water partition coefficient (Wildman–Crippen LogP) is 2.89. The van der Waals surface area contributed by atoms with E-state index < -0.39 is 0 Å². The lowest BCUT2D eigenvalue weighted by molar-refractivity contribution is 0.187. The minimum absolute atomic E-state index is 0.0482. The van der Waals surface area contributed by atoms with Gasteiger partial charge in [-0.15, -0.1) is 10.2 Å². The monoisotopic (exact) mass is 326 g/mol. The SMILES string of the molecule is CCCCN(CCO)C(=O)Nc1nnc(-c2ccsc2)s1. The van der Waals surface area contributed by atoms with Gasteiger partial charge in [-0.2, -0.15) is 11.3 Å². The number of aliphatic hydroxyl groups is 1. The normalized spacial score (nSPS) is 10.6. The zero-order valence-corrected chi connectivity index (χ0v) is 13.4. The Balaban J connectivity index is 1.97. The molecule has 2 rings (SSSR count). The standard InChI is InChI=1S/C13H18N4O2S2/c1-2-3-5-17(6-7-18)13(19)14-12-16-15-11(21-12)10-4-8-20-9-10/h4,8-9,18H,2-3,5-7H2,1H3,(H,14,16,19). The van der Waals surface area contributed by atoms with Crippen LogP contribution in [0.25, 0.3) is 10.6 Å². The highest BCUT2D eigenvalue weighted by atomic mass is 32.1. The highest BCUT2D eigenvalue weighted by molar-refractivity contribution is 7.19. The number of rotatable bonds is 7. The van der Waals surface area contributed by atoms with Crippen molar-refractivity contribution >= 4 is 33.8 Å². The van der Waals surface area contributed by atoms with Crippen LogP contribution in [0.2, 0.25) is 0 Å². The van der Waals surface area contributed by atoms with Crippen LogP contribution >= 0.6 is 22.7 Å². The van der Waals surface area contributed by atoms with E-state index in [0.717, 1.165) is 23.4 Å². The Morgan fingerprint density at radius 2 is 2.29 bits per heavy atom. The molecule has 21 heavy (non-hydrogen) atoms. The molecule has 0 saturated carbocycles. The number of nitrogens with zero attached hydrogens (tertiary/aromatic N) is 3. The van der Waals surface area contributed by atoms with Gasteiger partial charge in [-0.1, -0.05) is 24.7 Å². The largest absolute Gasteiger partial charge is 0.395 e. The summed E-state index contributed by atoms with van der Waals surface area (Å²) in [5.74, 6) is 0. The quantitative estimate of drug-likeness (QED) is 0.820. The van der Waals surface area contributed by atoms with Crippen LogP contribution in [0.15, 0.2) is 16.8 Å². The number of urea groups is 1. The molecule has 2 aromatic heterocycles. The Kier molecular flexibility index (Phi) is 6.09. The third-order valence-corrected chi connectivity index (χ3v) is 4.42. The third kappa shape index (κ3) is 4.48. The van der Waals surface area contributed by atoms with Crippen molar-refractivity contribution in [3.8, 4) is 10.6 Å². The summed E-state index contributed by atoms with van der Waals surface area (Å²) in [5, 5.41) is 25.1. The van der Waals surface area contributed by atoms with Crippen molar-refractivity contribution in [3.63, 3.8) is 0 Å². The molecule has 2 heterocycles. The fourth-order valence-corrected chi connectivity index (χ4v) is 3.18. The molecule has 0 unspecified atom stereocenters. The Labute approximate surface area is 131 Å². The Hall–Kier alpha value is -1.51. The second-order valence-corrected chi connectivity index (χ2v) is 6.18. The first-order valence-corrected chi connectivity index (χ1v) is 8.53. The molecule has 6 nitrogen and oxygen atoms in total. The highest BCUT2D eigenvalue weighted by Crippen LogP contribution is 2.27. The molecule has 0 bridgehead atoms. The first kappa shape index (κ1) is 15.9. The van der Waals surface area contributed by atoms with Crippen LogP contribution in [0, 0.1) is 0 Å². The summed E-state index contributed by atoms with van der Waals surface area (Å²) >= 11 is 2.94. The van der Waals surface area contributed by atoms with Crippen LogP contribution in [0.4, 0.5) is 9.93 Å². The summed E-state index contributed by atoms with van der Waals surface area (Å²) in [5.41, 5.74) is 1.01. The lowest BCUT2D eigenvalue weighted by atomic mass is 10.3. The maximum atomic E-state index is 12.1. The van der Waals surface area contributed by atoms with Crippen LogP contribution in [0.1, 0.15) is 19.8 Å². The molecule has 8 heteroatoms. The molecule has 0 aliphatic heterocycles. The van der Waals surface area contributed by atoms with E-state index in [0.29, 0.717) is 18.2 Å². The molecule has 0 aliphatic rings. The molecule has 0 spiro atoms. The van der Waals surface area contributed by atoms with Crippen LogP contribution < -0.4 is 5.32 Å². The van der Waals surface area contributed by atoms with Gasteiger partial charge >= 0.3 is 6.03 Å². The number of thiophene rings is 1. The molecule has 0 aromatic carbocycles. The zero-order valence-electron chi connectivity index (χ0n) is 11.8. The number of hydrogen-bond acceptors (Lipinski definition) is 6. The van der Waals surface area contributed by atoms with E-state index >= 15 is 0 Å². The van der Waals surface area contributed by atoms with Gasteiger partial charge in [0, 0.05) is 24.0 Å². The van der Waals surface area contributed by atoms with Gasteiger partial charge in [0.25, 0.3) is 0 Å². The van der Waals surface area contributed by atoms with Gasteiger partial charge in [0.1, 0.15) is 5.01 Å². The van der Waals surface area contributed by atoms with Gasteiger partial charge in [0.2, 0.25) is 5.13 Å². The van der Waals surface area contributed by atoms with Gasteiger partial charge in [0.05, 0.1) is 6.61 Å². The maximum absolute atomic E-state index is 12.1. The number of carbonyl (C=O) groups is 1. The van der Waals surface area contributed by atoms with Crippen molar-refractivity contribution < 1.29 is 9.90 Å². The van der Waals surface area contributed by atoms with Crippen LogP contribution in [-0.4, -0.2) is 45.9 Å². The summed E-state index contributed by atoms with van der Waals surface area (Å²) < 4.78 is 0. The Morgan fingerprint density at radius 1 is 1.43 bits per heavy atom. The van der Waals surface area contributed by atoms with Crippen molar-refractivity contribution in [3.05, 3.63) is 16.8 Å². The summed E-state index contributed by atoms with van der Waals surface area (Å²) in [6.07, 6.45) is 1.90. The van der Waals surface area contributed by atoms with Gasteiger partial charge < -0.3 is 10.0 Å². The molecule has 2 N–H and O–H groups in total. The minimum atomic E-state index is -0.245. The van der Waals surface area contributed by atoms with Crippen LogP contribution in [-0.2, 0) is 0 Å². The van der Waals surface area contributed by atoms with E-state index in [4.69, 9.17) is 5.11 Å². The summed E-state index contributed by atoms with van der Waals surface area (Å²) in [6, 6.07) is 1.72. The van der Waals surface area contributed by atoms with E-state index in [2.05, 4.69) is 22.4 Å². The van der Waals surface area contributed by atoms with Gasteiger partial charge in [0.15, 0.2) is 0 Å². The molecular weight excluding hydrogens is 308 g/mol. The molecule has 0 saturated heterocycles. The summed E-state index contributed by atoms with van der Waals surface area (Å²) in [7, 11) is 0. The fraction of sp³-hybridized carbons (Fsp3) is 0.462. The number of aromatic nitrogens is 2. The topological polar surface area (TPSA) is 78.4 Å². The average molecular weight is 326 g/mol. The van der Waals surface area contributed by atoms with E-state index in [-0.39, 0.29) is 12.6 Å². The molecular formula is C13H18N4O2S2. The van der Waals surface area contributed by atoms with Gasteiger partial charge in [-0.25, -0.2) is 4.79 Å². The number of nitrogens with one attached hydrogen (secondary N) is 1. The first-order chi connectivity index (χ1) is 10.2. The number of carbonyl (C=O) groups excluding carboxylic acids is 1. The maximum Gasteiger partial charge on any atom is 0.323 e. The Morgan fingerprint density at radius 3 is 2.95 bits per heavy atom. The Bertz CT molecular complexity index is 556. The predicted molar refractivity (Wildman–Crippen MR) is 85.8 cm³/mol. The molecule has 0 aliphatic carbocycles. The van der Waals surface area contributed by atoms with E-state index in [1.807, 2.05) is 16.8 Å². The average Bonchev–Trinajstić information content (AvgIpc) is 3.13. The smallest absolute Gasteiger partial charge is 0.323 e. The molecule has 2 amide bonds. The zero-order chi connectivity index (χ0) is 15.1. The van der Waals surface area contributed by atoms with Gasteiger partial charge in [-0.05, 0) is 17.9 Å². The van der Waals surface area contributed by atoms with Gasteiger partial charge in [-0.3, -0.25) is 5.32 Å². The minimum Gasteiger partial charge on any atom is -0.395 e. The number of amides is 2. The number of anilines is 1.